The fourth-order valence-corrected chi connectivity index (χ4v) is 0.975. The van der Waals surface area contributed by atoms with Gasteiger partial charge in [-0.3, -0.25) is 4.79 Å². The maximum absolute atomic E-state index is 11.4. The first-order valence-corrected chi connectivity index (χ1v) is 5.43. The summed E-state index contributed by atoms with van der Waals surface area (Å²) in [6.45, 7) is 4.05. The molecule has 7 nitrogen and oxygen atoms in total. The summed E-state index contributed by atoms with van der Waals surface area (Å²) in [4.78, 5) is 33.4. The fourth-order valence-electron chi connectivity index (χ4n) is 0.975. The minimum Gasteiger partial charge on any atom is -0.469 e. The highest BCUT2D eigenvalue weighted by molar-refractivity contribution is 5.81. The molecular weight excluding hydrogens is 244 g/mol. The van der Waals surface area contributed by atoms with Gasteiger partial charge in [-0.2, -0.15) is 0 Å². The number of hydrogen-bond acceptors (Lipinski definition) is 7. The van der Waals surface area contributed by atoms with E-state index in [1.165, 1.54) is 27.9 Å². The van der Waals surface area contributed by atoms with Crippen molar-refractivity contribution in [2.45, 2.75) is 45.5 Å². The molecular formula is C11H18O7. The quantitative estimate of drug-likeness (QED) is 0.522. The lowest BCUT2D eigenvalue weighted by molar-refractivity contribution is -0.174. The summed E-state index contributed by atoms with van der Waals surface area (Å²) in [7, 11) is 1.23. The van der Waals surface area contributed by atoms with Crippen LogP contribution >= 0.6 is 0 Å². The summed E-state index contributed by atoms with van der Waals surface area (Å²) in [5.41, 5.74) is 0. The Bertz CT molecular complexity index is 311. The van der Waals surface area contributed by atoms with Crippen molar-refractivity contribution in [3.05, 3.63) is 0 Å². The van der Waals surface area contributed by atoms with Gasteiger partial charge in [-0.25, -0.2) is 9.59 Å². The second-order valence-electron chi connectivity index (χ2n) is 3.78. The maximum atomic E-state index is 11.4. The maximum Gasteiger partial charge on any atom is 0.347 e. The minimum atomic E-state index is -1.31. The Labute approximate surface area is 105 Å². The number of methoxy groups -OCH3 is 1. The highest BCUT2D eigenvalue weighted by Crippen LogP contribution is 2.04. The molecule has 0 aliphatic heterocycles. The lowest BCUT2D eigenvalue weighted by Gasteiger charge is -2.17. The molecule has 3 atom stereocenters. The standard InChI is InChI=1S/C11H18O7/c1-6(5-9(13)16-4)17-11(15)8(3)18-10(14)7(2)12/h6-8,12H,5H2,1-4H3/t6-,7-,8-/m1/s1. The molecule has 7 heteroatoms. The van der Waals surface area contributed by atoms with E-state index in [-0.39, 0.29) is 6.42 Å². The summed E-state index contributed by atoms with van der Waals surface area (Å²) in [6.07, 6.45) is -3.23. The van der Waals surface area contributed by atoms with Crippen LogP contribution in [0.1, 0.15) is 27.2 Å². The normalized spacial score (nSPS) is 15.2. The molecule has 0 aromatic carbocycles. The fraction of sp³-hybridized carbons (Fsp3) is 0.727. The van der Waals surface area contributed by atoms with Gasteiger partial charge >= 0.3 is 17.9 Å². The average Bonchev–Trinajstić information content (AvgIpc) is 2.27. The molecule has 0 amide bonds. The van der Waals surface area contributed by atoms with E-state index in [0.717, 1.165) is 0 Å². The zero-order chi connectivity index (χ0) is 14.3. The van der Waals surface area contributed by atoms with E-state index in [1.807, 2.05) is 0 Å². The first kappa shape index (κ1) is 16.4. The number of hydrogen-bond donors (Lipinski definition) is 1. The van der Waals surface area contributed by atoms with Crippen molar-refractivity contribution in [1.82, 2.24) is 0 Å². The van der Waals surface area contributed by atoms with Gasteiger partial charge in [-0.15, -0.1) is 0 Å². The van der Waals surface area contributed by atoms with Crippen LogP contribution in [0.2, 0.25) is 0 Å². The van der Waals surface area contributed by atoms with Crippen LogP contribution in [-0.4, -0.2) is 48.4 Å². The van der Waals surface area contributed by atoms with Crippen LogP contribution in [0.3, 0.4) is 0 Å². The predicted octanol–water partition coefficient (Wildman–Crippen LogP) is -0.206. The van der Waals surface area contributed by atoms with Crippen LogP contribution in [-0.2, 0) is 28.6 Å². The van der Waals surface area contributed by atoms with E-state index in [0.29, 0.717) is 0 Å². The van der Waals surface area contributed by atoms with Crippen molar-refractivity contribution in [3.8, 4) is 0 Å². The Morgan fingerprint density at radius 2 is 1.61 bits per heavy atom. The minimum absolute atomic E-state index is 0.0840. The lowest BCUT2D eigenvalue weighted by Crippen LogP contribution is -2.32. The first-order chi connectivity index (χ1) is 8.27. The van der Waals surface area contributed by atoms with Crippen LogP contribution in [0, 0.1) is 0 Å². The van der Waals surface area contributed by atoms with Crippen molar-refractivity contribution < 1.29 is 33.7 Å². The number of rotatable bonds is 6. The average molecular weight is 262 g/mol. The molecule has 0 rings (SSSR count). The number of carbonyl (C=O) groups is 3. The molecule has 0 saturated carbocycles. The second kappa shape index (κ2) is 7.65. The summed E-state index contributed by atoms with van der Waals surface area (Å²) in [5, 5.41) is 8.90. The Hall–Kier alpha value is -1.63. The Kier molecular flexibility index (Phi) is 6.96. The molecule has 18 heavy (non-hydrogen) atoms. The van der Waals surface area contributed by atoms with Gasteiger partial charge in [0.05, 0.1) is 13.5 Å². The third kappa shape index (κ3) is 6.19. The smallest absolute Gasteiger partial charge is 0.347 e. The molecule has 104 valence electrons. The molecule has 0 aliphatic rings. The second-order valence-corrected chi connectivity index (χ2v) is 3.78. The van der Waals surface area contributed by atoms with Gasteiger partial charge in [0, 0.05) is 0 Å². The van der Waals surface area contributed by atoms with Gasteiger partial charge in [0.15, 0.2) is 6.10 Å². The van der Waals surface area contributed by atoms with E-state index in [2.05, 4.69) is 9.47 Å². The lowest BCUT2D eigenvalue weighted by atomic mass is 10.3. The largest absolute Gasteiger partial charge is 0.469 e. The SMILES string of the molecule is COC(=O)C[C@@H](C)OC(=O)[C@@H](C)OC(=O)[C@@H](C)O. The number of aliphatic hydroxyl groups excluding tert-OH is 1. The topological polar surface area (TPSA) is 99.1 Å². The molecule has 0 aliphatic carbocycles. The predicted molar refractivity (Wildman–Crippen MR) is 59.4 cm³/mol. The zero-order valence-electron chi connectivity index (χ0n) is 10.8. The monoisotopic (exact) mass is 262 g/mol. The third-order valence-corrected chi connectivity index (χ3v) is 1.97. The molecule has 0 aromatic rings. The van der Waals surface area contributed by atoms with E-state index in [1.54, 1.807) is 0 Å². The molecule has 0 fully saturated rings. The zero-order valence-corrected chi connectivity index (χ0v) is 10.8. The number of aliphatic hydroxyl groups is 1. The number of ether oxygens (including phenoxy) is 3. The van der Waals surface area contributed by atoms with E-state index in [9.17, 15) is 14.4 Å². The van der Waals surface area contributed by atoms with Crippen molar-refractivity contribution >= 4 is 17.9 Å². The molecule has 0 aromatic heterocycles. The molecule has 0 radical (unpaired) electrons. The Balaban J connectivity index is 4.15. The van der Waals surface area contributed by atoms with Crippen LogP contribution in [0.25, 0.3) is 0 Å². The summed E-state index contributed by atoms with van der Waals surface area (Å²) in [6, 6.07) is 0. The molecule has 0 heterocycles. The van der Waals surface area contributed by atoms with E-state index >= 15 is 0 Å². The summed E-state index contributed by atoms with van der Waals surface area (Å²) in [5.74, 6) is -2.22. The van der Waals surface area contributed by atoms with Gasteiger partial charge in [-0.1, -0.05) is 0 Å². The van der Waals surface area contributed by atoms with E-state index in [4.69, 9.17) is 9.84 Å². The van der Waals surface area contributed by atoms with Crippen molar-refractivity contribution in [3.63, 3.8) is 0 Å². The Morgan fingerprint density at radius 1 is 1.06 bits per heavy atom. The third-order valence-electron chi connectivity index (χ3n) is 1.97. The van der Waals surface area contributed by atoms with Crippen molar-refractivity contribution in [2.75, 3.05) is 7.11 Å². The summed E-state index contributed by atoms with van der Waals surface area (Å²) >= 11 is 0. The number of carbonyl (C=O) groups excluding carboxylic acids is 3. The van der Waals surface area contributed by atoms with Crippen LogP contribution in [0.5, 0.6) is 0 Å². The highest BCUT2D eigenvalue weighted by atomic mass is 16.6. The molecule has 0 unspecified atom stereocenters. The molecule has 0 spiro atoms. The first-order valence-electron chi connectivity index (χ1n) is 5.43. The molecule has 1 N–H and O–H groups in total. The van der Waals surface area contributed by atoms with Crippen molar-refractivity contribution in [2.24, 2.45) is 0 Å². The summed E-state index contributed by atoms with van der Waals surface area (Å²) < 4.78 is 13.9. The highest BCUT2D eigenvalue weighted by Gasteiger charge is 2.24. The van der Waals surface area contributed by atoms with Gasteiger partial charge in [0.2, 0.25) is 0 Å². The van der Waals surface area contributed by atoms with Crippen LogP contribution in [0.4, 0.5) is 0 Å². The van der Waals surface area contributed by atoms with Crippen LogP contribution in [0.15, 0.2) is 0 Å². The van der Waals surface area contributed by atoms with Gasteiger partial charge in [0.1, 0.15) is 12.2 Å². The van der Waals surface area contributed by atoms with Crippen LogP contribution < -0.4 is 0 Å². The molecule has 0 saturated heterocycles. The Morgan fingerprint density at radius 3 is 2.06 bits per heavy atom. The van der Waals surface area contributed by atoms with Gasteiger partial charge in [0.25, 0.3) is 0 Å². The van der Waals surface area contributed by atoms with E-state index < -0.39 is 36.2 Å². The number of esters is 3. The van der Waals surface area contributed by atoms with Gasteiger partial charge < -0.3 is 19.3 Å². The molecule has 0 bridgehead atoms. The van der Waals surface area contributed by atoms with Gasteiger partial charge in [-0.05, 0) is 20.8 Å². The van der Waals surface area contributed by atoms with Crippen molar-refractivity contribution in [1.29, 1.82) is 0 Å².